The van der Waals surface area contributed by atoms with E-state index in [4.69, 9.17) is 16.9 Å². The number of hydrogen-bond donors (Lipinski definition) is 0. The average molecular weight is 404 g/mol. The highest BCUT2D eigenvalue weighted by Gasteiger charge is 2.21. The van der Waals surface area contributed by atoms with Crippen molar-refractivity contribution in [2.75, 3.05) is 19.6 Å². The molecule has 0 fully saturated rings. The monoisotopic (exact) mass is 403 g/mol. The molecule has 0 N–H and O–H groups in total. The summed E-state index contributed by atoms with van der Waals surface area (Å²) in [6.07, 6.45) is 1.74. The van der Waals surface area contributed by atoms with E-state index in [0.717, 1.165) is 47.9 Å². The number of hydrogen-bond acceptors (Lipinski definition) is 3. The first-order valence-corrected chi connectivity index (χ1v) is 10.6. The van der Waals surface area contributed by atoms with E-state index in [1.165, 1.54) is 16.3 Å². The van der Waals surface area contributed by atoms with E-state index < -0.39 is 0 Å². The van der Waals surface area contributed by atoms with Gasteiger partial charge < -0.3 is 4.90 Å². The Morgan fingerprint density at radius 1 is 1.00 bits per heavy atom. The number of halogens is 1. The Hall–Kier alpha value is -2.83. The number of aryl methyl sites for hydroxylation is 1. The molecule has 1 aliphatic heterocycles. The molecule has 0 atom stereocenters. The molecule has 0 amide bonds. The van der Waals surface area contributed by atoms with Crippen LogP contribution in [0.5, 0.6) is 0 Å². The van der Waals surface area contributed by atoms with Gasteiger partial charge in [0.1, 0.15) is 12.4 Å². The lowest BCUT2D eigenvalue weighted by Crippen LogP contribution is -2.29. The highest BCUT2D eigenvalue weighted by atomic mass is 35.5. The van der Waals surface area contributed by atoms with Crippen molar-refractivity contribution in [1.82, 2.24) is 4.90 Å². The van der Waals surface area contributed by atoms with E-state index in [2.05, 4.69) is 59.6 Å². The quantitative estimate of drug-likeness (QED) is 0.498. The molecule has 0 radical (unpaired) electrons. The fourth-order valence-electron chi connectivity index (χ4n) is 3.77. The topological polar surface area (TPSA) is 39.4 Å². The van der Waals surface area contributed by atoms with Crippen LogP contribution >= 0.6 is 11.6 Å². The molecular weight excluding hydrogens is 378 g/mol. The maximum Gasteiger partial charge on any atom is 0.132 e. The van der Waals surface area contributed by atoms with Gasteiger partial charge in [-0.15, -0.1) is 0 Å². The summed E-state index contributed by atoms with van der Waals surface area (Å²) in [6.45, 7) is 5.87. The molecular formula is C25H26ClN3. The molecule has 0 spiro atoms. The summed E-state index contributed by atoms with van der Waals surface area (Å²) in [7, 11) is 0. The van der Waals surface area contributed by atoms with E-state index in [1.54, 1.807) is 0 Å². The van der Waals surface area contributed by atoms with E-state index in [1.807, 2.05) is 30.9 Å². The standard InChI is InChI=1S/C23H20ClN3.C2H6/c24-22-10-4-9-21(23-26-14-16-27(23)15-13-25)20(22)12-11-18-7-3-6-17-5-1-2-8-19(17)18;1-2/h1-10H,11-12,14-16H2;1-2H3. The lowest BCUT2D eigenvalue weighted by atomic mass is 9.95. The molecule has 0 aliphatic carbocycles. The fraction of sp³-hybridized carbons (Fsp3) is 0.280. The zero-order valence-electron chi connectivity index (χ0n) is 17.0. The number of amidine groups is 1. The Bertz CT molecular complexity index is 1040. The van der Waals surface area contributed by atoms with Crippen molar-refractivity contribution in [1.29, 1.82) is 5.26 Å². The normalized spacial score (nSPS) is 12.9. The van der Waals surface area contributed by atoms with Crippen LogP contribution in [0.1, 0.15) is 30.5 Å². The Morgan fingerprint density at radius 3 is 2.59 bits per heavy atom. The zero-order valence-corrected chi connectivity index (χ0v) is 17.8. The molecule has 148 valence electrons. The van der Waals surface area contributed by atoms with Gasteiger partial charge in [0, 0.05) is 17.1 Å². The second-order valence-corrected chi connectivity index (χ2v) is 7.10. The molecule has 0 aromatic heterocycles. The molecule has 1 heterocycles. The van der Waals surface area contributed by atoms with Crippen molar-refractivity contribution in [2.24, 2.45) is 4.99 Å². The smallest absolute Gasteiger partial charge is 0.132 e. The van der Waals surface area contributed by atoms with Crippen molar-refractivity contribution >= 4 is 28.2 Å². The number of nitrogens with zero attached hydrogens (tertiary/aromatic N) is 3. The van der Waals surface area contributed by atoms with E-state index in [0.29, 0.717) is 6.54 Å². The Morgan fingerprint density at radius 2 is 1.76 bits per heavy atom. The van der Waals surface area contributed by atoms with Crippen LogP contribution in [-0.4, -0.2) is 30.4 Å². The van der Waals surface area contributed by atoms with Crippen molar-refractivity contribution in [3.63, 3.8) is 0 Å². The minimum absolute atomic E-state index is 0.355. The van der Waals surface area contributed by atoms with Gasteiger partial charge in [-0.3, -0.25) is 4.99 Å². The highest BCUT2D eigenvalue weighted by molar-refractivity contribution is 6.32. The van der Waals surface area contributed by atoms with Crippen LogP contribution in [0.3, 0.4) is 0 Å². The lowest BCUT2D eigenvalue weighted by molar-refractivity contribution is 0.512. The van der Waals surface area contributed by atoms with Crippen LogP contribution in [-0.2, 0) is 12.8 Å². The van der Waals surface area contributed by atoms with Gasteiger partial charge in [0.2, 0.25) is 0 Å². The van der Waals surface area contributed by atoms with Crippen molar-refractivity contribution < 1.29 is 0 Å². The average Bonchev–Trinajstić information content (AvgIpc) is 3.22. The first-order chi connectivity index (χ1) is 14.3. The summed E-state index contributed by atoms with van der Waals surface area (Å²) in [6, 6.07) is 23.1. The molecule has 1 aliphatic rings. The van der Waals surface area contributed by atoms with Gasteiger partial charge in [-0.1, -0.05) is 80.0 Å². The van der Waals surface area contributed by atoms with Crippen LogP contribution in [0.4, 0.5) is 0 Å². The first-order valence-electron chi connectivity index (χ1n) is 10.2. The van der Waals surface area contributed by atoms with Gasteiger partial charge in [0.15, 0.2) is 0 Å². The minimum atomic E-state index is 0.355. The van der Waals surface area contributed by atoms with Crippen molar-refractivity contribution in [3.05, 3.63) is 82.4 Å². The lowest BCUT2D eigenvalue weighted by Gasteiger charge is -2.20. The molecule has 4 heteroatoms. The van der Waals surface area contributed by atoms with Crippen LogP contribution in [0.25, 0.3) is 10.8 Å². The SMILES string of the molecule is CC.N#CCN1CCN=C1c1cccc(Cl)c1CCc1cccc2ccccc12. The molecule has 0 bridgehead atoms. The summed E-state index contributed by atoms with van der Waals surface area (Å²) < 4.78 is 0. The molecule has 0 saturated heterocycles. The van der Waals surface area contributed by atoms with E-state index in [-0.39, 0.29) is 0 Å². The molecule has 4 rings (SSSR count). The number of nitriles is 1. The number of benzene rings is 3. The third-order valence-electron chi connectivity index (χ3n) is 5.08. The summed E-state index contributed by atoms with van der Waals surface area (Å²) in [4.78, 5) is 6.68. The van der Waals surface area contributed by atoms with Crippen LogP contribution in [0, 0.1) is 11.3 Å². The van der Waals surface area contributed by atoms with Gasteiger partial charge in [0.25, 0.3) is 0 Å². The third-order valence-corrected chi connectivity index (χ3v) is 5.43. The second kappa shape index (κ2) is 10.1. The second-order valence-electron chi connectivity index (χ2n) is 6.69. The van der Waals surface area contributed by atoms with Gasteiger partial charge >= 0.3 is 0 Å². The van der Waals surface area contributed by atoms with Crippen LogP contribution in [0.15, 0.2) is 65.7 Å². The highest BCUT2D eigenvalue weighted by Crippen LogP contribution is 2.27. The number of fused-ring (bicyclic) bond motifs is 1. The summed E-state index contributed by atoms with van der Waals surface area (Å²) >= 11 is 6.58. The van der Waals surface area contributed by atoms with E-state index >= 15 is 0 Å². The van der Waals surface area contributed by atoms with Gasteiger partial charge in [-0.2, -0.15) is 5.26 Å². The number of rotatable bonds is 5. The maximum atomic E-state index is 9.10. The third kappa shape index (κ3) is 4.60. The van der Waals surface area contributed by atoms with Crippen molar-refractivity contribution in [2.45, 2.75) is 26.7 Å². The predicted molar refractivity (Wildman–Crippen MR) is 123 cm³/mol. The van der Waals surface area contributed by atoms with E-state index in [9.17, 15) is 0 Å². The number of aliphatic imine (C=N–C) groups is 1. The van der Waals surface area contributed by atoms with Gasteiger partial charge in [0.05, 0.1) is 12.6 Å². The zero-order chi connectivity index (χ0) is 20.6. The molecule has 29 heavy (non-hydrogen) atoms. The Labute approximate surface area is 178 Å². The molecule has 3 aromatic rings. The fourth-order valence-corrected chi connectivity index (χ4v) is 4.04. The van der Waals surface area contributed by atoms with Gasteiger partial charge in [-0.25, -0.2) is 0 Å². The minimum Gasteiger partial charge on any atom is -0.341 e. The van der Waals surface area contributed by atoms with Crippen LogP contribution < -0.4 is 0 Å². The summed E-state index contributed by atoms with van der Waals surface area (Å²) in [5, 5.41) is 12.4. The van der Waals surface area contributed by atoms with Gasteiger partial charge in [-0.05, 0) is 40.8 Å². The van der Waals surface area contributed by atoms with Crippen molar-refractivity contribution in [3.8, 4) is 6.07 Å². The maximum absolute atomic E-state index is 9.10. The Kier molecular flexibility index (Phi) is 7.27. The molecule has 0 saturated carbocycles. The molecule has 0 unspecified atom stereocenters. The van der Waals surface area contributed by atoms with Crippen LogP contribution in [0.2, 0.25) is 5.02 Å². The Balaban J connectivity index is 0.00000117. The molecule has 3 nitrogen and oxygen atoms in total. The summed E-state index contributed by atoms with van der Waals surface area (Å²) in [5.74, 6) is 0.895. The first kappa shape index (κ1) is 20.9. The largest absolute Gasteiger partial charge is 0.341 e. The predicted octanol–water partition coefficient (Wildman–Crippen LogP) is 5.89. The molecule has 3 aromatic carbocycles. The summed E-state index contributed by atoms with van der Waals surface area (Å²) in [5.41, 5.74) is 3.48.